The maximum Gasteiger partial charge on any atom is 0.338 e. The van der Waals surface area contributed by atoms with Crippen molar-refractivity contribution in [3.8, 4) is 6.07 Å². The van der Waals surface area contributed by atoms with Crippen molar-refractivity contribution in [3.63, 3.8) is 0 Å². The number of rotatable bonds is 5. The lowest BCUT2D eigenvalue weighted by Gasteiger charge is -2.33. The van der Waals surface area contributed by atoms with Gasteiger partial charge in [0.05, 0.1) is 23.3 Å². The lowest BCUT2D eigenvalue weighted by atomic mass is 9.94. The number of esters is 1. The monoisotopic (exact) mass is 419 g/mol. The number of amides is 1. The van der Waals surface area contributed by atoms with Gasteiger partial charge >= 0.3 is 5.97 Å². The average Bonchev–Trinajstić information content (AvgIpc) is 3.17. The molecule has 2 aliphatic heterocycles. The van der Waals surface area contributed by atoms with Gasteiger partial charge < -0.3 is 20.1 Å². The fourth-order valence-electron chi connectivity index (χ4n) is 4.30. The molecule has 1 saturated heterocycles. The molecule has 2 N–H and O–H groups in total. The highest BCUT2D eigenvalue weighted by molar-refractivity contribution is 5.94. The van der Waals surface area contributed by atoms with Crippen molar-refractivity contribution in [2.75, 3.05) is 19.6 Å². The Morgan fingerprint density at radius 1 is 1.26 bits per heavy atom. The molecule has 7 heteroatoms. The Labute approximate surface area is 181 Å². The molecule has 1 fully saturated rings. The number of carbonyl (C=O) groups is 2. The van der Waals surface area contributed by atoms with Gasteiger partial charge in [-0.1, -0.05) is 6.07 Å². The van der Waals surface area contributed by atoms with E-state index in [-0.39, 0.29) is 24.5 Å². The summed E-state index contributed by atoms with van der Waals surface area (Å²) in [6, 6.07) is 12.3. The Bertz CT molecular complexity index is 1030. The second kappa shape index (κ2) is 8.88. The first-order chi connectivity index (χ1) is 15.0. The van der Waals surface area contributed by atoms with E-state index in [1.165, 1.54) is 0 Å². The summed E-state index contributed by atoms with van der Waals surface area (Å²) in [5.41, 5.74) is 4.28. The standard InChI is InChI=1S/C24H25N3O4/c1-15-19(6-7-20-21(15)14-31-24(20)30)22(28)13-27-10-8-18(9-11-27)26-23(29)17-4-2-16(12-25)3-5-17/h2-7,18,22,28H,8-11,13-14H2,1H3,(H,26,29). The van der Waals surface area contributed by atoms with E-state index in [2.05, 4.69) is 10.2 Å². The van der Waals surface area contributed by atoms with Gasteiger partial charge in [-0.2, -0.15) is 5.26 Å². The number of carbonyl (C=O) groups excluding carboxylic acids is 2. The molecule has 1 atom stereocenters. The van der Waals surface area contributed by atoms with Crippen LogP contribution in [0.4, 0.5) is 0 Å². The number of aliphatic hydroxyl groups excluding tert-OH is 1. The van der Waals surface area contributed by atoms with E-state index < -0.39 is 6.10 Å². The molecule has 0 radical (unpaired) electrons. The minimum atomic E-state index is -0.647. The van der Waals surface area contributed by atoms with Crippen LogP contribution in [0.2, 0.25) is 0 Å². The molecule has 0 aromatic heterocycles. The third kappa shape index (κ3) is 4.46. The number of fused-ring (bicyclic) bond motifs is 1. The zero-order valence-electron chi connectivity index (χ0n) is 17.4. The Morgan fingerprint density at radius 3 is 2.65 bits per heavy atom. The highest BCUT2D eigenvalue weighted by Crippen LogP contribution is 2.29. The Kier molecular flexibility index (Phi) is 6.03. The number of likely N-dealkylation sites (tertiary alicyclic amines) is 1. The fourth-order valence-corrected chi connectivity index (χ4v) is 4.30. The fraction of sp³-hybridized carbons (Fsp3) is 0.375. The molecular formula is C24H25N3O4. The number of hydrogen-bond acceptors (Lipinski definition) is 6. The minimum Gasteiger partial charge on any atom is -0.457 e. The number of β-amino-alcohol motifs (C(OH)–C–C–N with tert-alkyl or cyclic N) is 1. The predicted molar refractivity (Wildman–Crippen MR) is 113 cm³/mol. The van der Waals surface area contributed by atoms with Crippen molar-refractivity contribution < 1.29 is 19.4 Å². The number of aliphatic hydroxyl groups is 1. The molecule has 2 aromatic rings. The van der Waals surface area contributed by atoms with Crippen molar-refractivity contribution in [1.82, 2.24) is 10.2 Å². The molecule has 2 heterocycles. The van der Waals surface area contributed by atoms with E-state index in [1.807, 2.05) is 19.1 Å². The zero-order valence-corrected chi connectivity index (χ0v) is 17.4. The van der Waals surface area contributed by atoms with E-state index in [0.29, 0.717) is 23.2 Å². The molecule has 1 amide bonds. The van der Waals surface area contributed by atoms with Crippen LogP contribution < -0.4 is 5.32 Å². The van der Waals surface area contributed by atoms with Gasteiger partial charge in [0.1, 0.15) is 6.61 Å². The van der Waals surface area contributed by atoms with Crippen LogP contribution in [0.1, 0.15) is 61.9 Å². The summed E-state index contributed by atoms with van der Waals surface area (Å²) in [7, 11) is 0. The van der Waals surface area contributed by atoms with Crippen LogP contribution >= 0.6 is 0 Å². The quantitative estimate of drug-likeness (QED) is 0.722. The third-order valence-electron chi connectivity index (χ3n) is 6.20. The molecule has 0 aliphatic carbocycles. The van der Waals surface area contributed by atoms with Crippen LogP contribution in [0.15, 0.2) is 36.4 Å². The second-order valence-corrected chi connectivity index (χ2v) is 8.14. The lowest BCUT2D eigenvalue weighted by Crippen LogP contribution is -2.45. The summed E-state index contributed by atoms with van der Waals surface area (Å²) in [4.78, 5) is 26.3. The van der Waals surface area contributed by atoms with Gasteiger partial charge in [0.2, 0.25) is 0 Å². The molecule has 160 valence electrons. The number of hydrogen-bond donors (Lipinski definition) is 2. The molecule has 7 nitrogen and oxygen atoms in total. The number of nitrogens with zero attached hydrogens (tertiary/aromatic N) is 2. The van der Waals surface area contributed by atoms with Crippen molar-refractivity contribution in [3.05, 3.63) is 69.8 Å². The van der Waals surface area contributed by atoms with Crippen LogP contribution in [0, 0.1) is 18.3 Å². The molecule has 2 aromatic carbocycles. The highest BCUT2D eigenvalue weighted by atomic mass is 16.5. The van der Waals surface area contributed by atoms with E-state index in [4.69, 9.17) is 10.00 Å². The van der Waals surface area contributed by atoms with Gasteiger partial charge in [-0.05, 0) is 61.2 Å². The minimum absolute atomic E-state index is 0.0847. The summed E-state index contributed by atoms with van der Waals surface area (Å²) in [5, 5.41) is 22.7. The Hall–Kier alpha value is -3.21. The van der Waals surface area contributed by atoms with Crippen LogP contribution in [-0.4, -0.2) is 47.6 Å². The summed E-state index contributed by atoms with van der Waals surface area (Å²) in [6.45, 7) is 4.25. The number of ether oxygens (including phenoxy) is 1. The molecule has 31 heavy (non-hydrogen) atoms. The van der Waals surface area contributed by atoms with Gasteiger partial charge in [-0.3, -0.25) is 4.79 Å². The normalized spacial score (nSPS) is 17.5. The smallest absolute Gasteiger partial charge is 0.338 e. The average molecular weight is 419 g/mol. The van der Waals surface area contributed by atoms with Crippen LogP contribution in [0.5, 0.6) is 0 Å². The van der Waals surface area contributed by atoms with Gasteiger partial charge in [0.15, 0.2) is 0 Å². The first-order valence-electron chi connectivity index (χ1n) is 10.5. The van der Waals surface area contributed by atoms with Gasteiger partial charge in [-0.25, -0.2) is 4.79 Å². The third-order valence-corrected chi connectivity index (χ3v) is 6.20. The van der Waals surface area contributed by atoms with E-state index in [0.717, 1.165) is 42.6 Å². The van der Waals surface area contributed by atoms with Crippen molar-refractivity contribution in [2.24, 2.45) is 0 Å². The Morgan fingerprint density at radius 2 is 1.97 bits per heavy atom. The highest BCUT2D eigenvalue weighted by Gasteiger charge is 2.27. The number of nitrogens with one attached hydrogen (secondary N) is 1. The van der Waals surface area contributed by atoms with Crippen molar-refractivity contribution in [1.29, 1.82) is 5.26 Å². The topological polar surface area (TPSA) is 103 Å². The number of nitriles is 1. The first-order valence-corrected chi connectivity index (χ1v) is 10.5. The molecule has 2 aliphatic rings. The van der Waals surface area contributed by atoms with E-state index in [1.54, 1.807) is 30.3 Å². The first kappa shape index (κ1) is 21.0. The number of benzene rings is 2. The number of cyclic esters (lactones) is 1. The van der Waals surface area contributed by atoms with Crippen LogP contribution in [0.25, 0.3) is 0 Å². The van der Waals surface area contributed by atoms with Gasteiger partial charge in [-0.15, -0.1) is 0 Å². The summed E-state index contributed by atoms with van der Waals surface area (Å²) in [6.07, 6.45) is 0.964. The maximum atomic E-state index is 12.4. The summed E-state index contributed by atoms with van der Waals surface area (Å²) in [5.74, 6) is -0.433. The van der Waals surface area contributed by atoms with Gasteiger partial charge in [0, 0.05) is 36.8 Å². The van der Waals surface area contributed by atoms with E-state index in [9.17, 15) is 14.7 Å². The van der Waals surface area contributed by atoms with Crippen LogP contribution in [-0.2, 0) is 11.3 Å². The summed E-state index contributed by atoms with van der Waals surface area (Å²) >= 11 is 0. The molecule has 1 unspecified atom stereocenters. The maximum absolute atomic E-state index is 12.4. The summed E-state index contributed by atoms with van der Waals surface area (Å²) < 4.78 is 5.10. The predicted octanol–water partition coefficient (Wildman–Crippen LogP) is 2.46. The number of piperidine rings is 1. The molecule has 0 spiro atoms. The Balaban J connectivity index is 1.30. The van der Waals surface area contributed by atoms with E-state index >= 15 is 0 Å². The zero-order chi connectivity index (χ0) is 22.0. The van der Waals surface area contributed by atoms with Gasteiger partial charge in [0.25, 0.3) is 5.91 Å². The molecule has 0 saturated carbocycles. The van der Waals surface area contributed by atoms with Crippen LogP contribution in [0.3, 0.4) is 0 Å². The molecular weight excluding hydrogens is 394 g/mol. The molecule has 0 bridgehead atoms. The largest absolute Gasteiger partial charge is 0.457 e. The second-order valence-electron chi connectivity index (χ2n) is 8.14. The molecule has 4 rings (SSSR count). The van der Waals surface area contributed by atoms with Crippen molar-refractivity contribution >= 4 is 11.9 Å². The van der Waals surface area contributed by atoms with Crippen molar-refractivity contribution in [2.45, 2.75) is 38.5 Å². The lowest BCUT2D eigenvalue weighted by molar-refractivity contribution is 0.0534. The SMILES string of the molecule is Cc1c(C(O)CN2CCC(NC(=O)c3ccc(C#N)cc3)CC2)ccc2c1COC2=O.